The van der Waals surface area contributed by atoms with Crippen LogP contribution in [0.1, 0.15) is 278 Å². The van der Waals surface area contributed by atoms with E-state index in [2.05, 4.69) is 25.7 Å². The Morgan fingerprint density at radius 2 is 0.861 bits per heavy atom. The van der Waals surface area contributed by atoms with Gasteiger partial charge in [0.1, 0.15) is 18.3 Å². The maximum Gasteiger partial charge on any atom is 0.508 e. The van der Waals surface area contributed by atoms with Crippen molar-refractivity contribution < 1.29 is 28.5 Å². The lowest BCUT2D eigenvalue weighted by Crippen LogP contribution is -2.54. The number of methoxy groups -OCH3 is 1. The fourth-order valence-corrected chi connectivity index (χ4v) is 19.3. The number of nitrogens with zero attached hydrogens (tertiary/aromatic N) is 1. The van der Waals surface area contributed by atoms with Crippen LogP contribution in [-0.2, 0) is 23.7 Å². The Morgan fingerprint density at radius 3 is 1.31 bits per heavy atom. The van der Waals surface area contributed by atoms with E-state index in [0.29, 0.717) is 11.5 Å². The van der Waals surface area contributed by atoms with E-state index in [0.717, 1.165) is 122 Å². The van der Waals surface area contributed by atoms with Gasteiger partial charge in [-0.1, -0.05) is 65.7 Å². The SMILES string of the molecule is COC1CCC(CCC2CCC(N(C3CCC(C4CCC(C)CC4)CC3)C3CCC(CCC4CCC(OC(=O)OC5CCC(C6(C7CCC(OC(C)=O)CC7)CCCCC6)CC5)CC4)C(C)C3)CC2C)CC1. The van der Waals surface area contributed by atoms with Crippen molar-refractivity contribution in [3.8, 4) is 0 Å². The van der Waals surface area contributed by atoms with Crippen molar-refractivity contribution in [1.29, 1.82) is 0 Å². The van der Waals surface area contributed by atoms with Gasteiger partial charge in [0, 0.05) is 32.2 Å². The summed E-state index contributed by atoms with van der Waals surface area (Å²) >= 11 is 0. The Balaban J connectivity index is 0.698. The largest absolute Gasteiger partial charge is 0.508 e. The number of carbonyl (C=O) groups excluding carboxylic acids is 2. The fraction of sp³-hybridized carbons (Fsp3) is 0.969. The number of rotatable bonds is 16. The molecule has 72 heavy (non-hydrogen) atoms. The molecule has 0 aromatic heterocycles. The molecule has 6 unspecified atom stereocenters. The third kappa shape index (κ3) is 14.6. The van der Waals surface area contributed by atoms with E-state index < -0.39 is 6.16 Å². The molecule has 7 nitrogen and oxygen atoms in total. The maximum absolute atomic E-state index is 13.2. The zero-order valence-electron chi connectivity index (χ0n) is 47.4. The number of esters is 1. The molecule has 9 aliphatic carbocycles. The molecular weight excluding hydrogens is 891 g/mol. The molecule has 0 heterocycles. The lowest BCUT2D eigenvalue weighted by molar-refractivity contribution is -0.149. The minimum absolute atomic E-state index is 0.00468. The molecule has 0 N–H and O–H groups in total. The van der Waals surface area contributed by atoms with Crippen LogP contribution < -0.4 is 0 Å². The highest BCUT2D eigenvalue weighted by atomic mass is 16.7. The summed E-state index contributed by atoms with van der Waals surface area (Å²) in [5.41, 5.74) is 0.427. The quantitative estimate of drug-likeness (QED) is 0.143. The van der Waals surface area contributed by atoms with Crippen molar-refractivity contribution >= 4 is 12.1 Å². The van der Waals surface area contributed by atoms with Gasteiger partial charge in [-0.3, -0.25) is 9.69 Å². The first-order valence-electron chi connectivity index (χ1n) is 32.4. The molecule has 0 aromatic rings. The van der Waals surface area contributed by atoms with E-state index in [1.165, 1.54) is 212 Å². The summed E-state index contributed by atoms with van der Waals surface area (Å²) in [5.74, 6) is 9.53. The Kier molecular flexibility index (Phi) is 20.6. The summed E-state index contributed by atoms with van der Waals surface area (Å²) in [6, 6.07) is 2.42. The first kappa shape index (κ1) is 55.4. The van der Waals surface area contributed by atoms with E-state index in [-0.39, 0.29) is 24.3 Å². The van der Waals surface area contributed by atoms with Crippen molar-refractivity contribution in [2.45, 2.75) is 321 Å². The van der Waals surface area contributed by atoms with Gasteiger partial charge < -0.3 is 18.9 Å². The van der Waals surface area contributed by atoms with Gasteiger partial charge in [0.25, 0.3) is 0 Å². The maximum atomic E-state index is 13.2. The number of hydrogen-bond acceptors (Lipinski definition) is 7. The highest BCUT2D eigenvalue weighted by molar-refractivity contribution is 5.66. The van der Waals surface area contributed by atoms with Gasteiger partial charge in [0.2, 0.25) is 0 Å². The highest BCUT2D eigenvalue weighted by Gasteiger charge is 2.48. The lowest BCUT2D eigenvalue weighted by atomic mass is 9.53. The second-order valence-electron chi connectivity index (χ2n) is 28.0. The van der Waals surface area contributed by atoms with Gasteiger partial charge in [-0.05, 0) is 276 Å². The van der Waals surface area contributed by atoms with Gasteiger partial charge in [0.05, 0.1) is 6.10 Å². The molecule has 7 heteroatoms. The Bertz CT molecular complexity index is 1600. The fourth-order valence-electron chi connectivity index (χ4n) is 19.3. The van der Waals surface area contributed by atoms with E-state index in [1.807, 2.05) is 7.11 Å². The van der Waals surface area contributed by atoms with Gasteiger partial charge >= 0.3 is 12.1 Å². The molecule has 9 fully saturated rings. The summed E-state index contributed by atoms with van der Waals surface area (Å²) in [6.07, 6.45) is 51.8. The minimum atomic E-state index is -0.400. The Hall–Kier alpha value is -1.34. The van der Waals surface area contributed by atoms with E-state index >= 15 is 0 Å². The van der Waals surface area contributed by atoms with Crippen LogP contribution in [0.15, 0.2) is 0 Å². The summed E-state index contributed by atoms with van der Waals surface area (Å²) in [7, 11) is 1.91. The molecule has 412 valence electrons. The second-order valence-corrected chi connectivity index (χ2v) is 28.0. The molecule has 9 saturated carbocycles. The van der Waals surface area contributed by atoms with Crippen LogP contribution >= 0.6 is 0 Å². The van der Waals surface area contributed by atoms with Crippen molar-refractivity contribution in [3.63, 3.8) is 0 Å². The van der Waals surface area contributed by atoms with Gasteiger partial charge in [-0.25, -0.2) is 4.79 Å². The molecule has 0 amide bonds. The summed E-state index contributed by atoms with van der Waals surface area (Å²) in [6.45, 7) is 9.35. The van der Waals surface area contributed by atoms with Crippen LogP contribution in [0.5, 0.6) is 0 Å². The predicted octanol–water partition coefficient (Wildman–Crippen LogP) is 17.4. The Labute approximate surface area is 442 Å². The lowest BCUT2D eigenvalue weighted by Gasteiger charge is -2.52. The summed E-state index contributed by atoms with van der Waals surface area (Å²) in [5, 5.41) is 0. The molecule has 6 atom stereocenters. The van der Waals surface area contributed by atoms with Crippen LogP contribution in [0.4, 0.5) is 4.79 Å². The van der Waals surface area contributed by atoms with Gasteiger partial charge in [-0.2, -0.15) is 0 Å². The van der Waals surface area contributed by atoms with Gasteiger partial charge in [-0.15, -0.1) is 0 Å². The van der Waals surface area contributed by atoms with Crippen LogP contribution in [-0.4, -0.2) is 66.7 Å². The first-order valence-corrected chi connectivity index (χ1v) is 32.4. The molecule has 0 spiro atoms. The third-order valence-electron chi connectivity index (χ3n) is 23.8. The number of ether oxygens (including phenoxy) is 4. The molecule has 0 saturated heterocycles. The summed E-state index contributed by atoms with van der Waals surface area (Å²) in [4.78, 5) is 28.1. The smallest absolute Gasteiger partial charge is 0.463 e. The van der Waals surface area contributed by atoms with Gasteiger partial charge in [0.15, 0.2) is 0 Å². The topological polar surface area (TPSA) is 74.3 Å². The van der Waals surface area contributed by atoms with Crippen molar-refractivity contribution in [1.82, 2.24) is 4.90 Å². The van der Waals surface area contributed by atoms with E-state index in [9.17, 15) is 9.59 Å². The average Bonchev–Trinajstić information content (AvgIpc) is 3.40. The van der Waals surface area contributed by atoms with E-state index in [4.69, 9.17) is 18.9 Å². The molecular formula is C65H111NO6. The average molecular weight is 1000 g/mol. The normalized spacial score (nSPS) is 42.3. The third-order valence-corrected chi connectivity index (χ3v) is 23.8. The van der Waals surface area contributed by atoms with Crippen molar-refractivity contribution in [2.24, 2.45) is 70.5 Å². The second kappa shape index (κ2) is 26.8. The Morgan fingerprint density at radius 1 is 0.444 bits per heavy atom. The molecule has 0 radical (unpaired) electrons. The van der Waals surface area contributed by atoms with Crippen LogP contribution in [0.2, 0.25) is 0 Å². The van der Waals surface area contributed by atoms with E-state index in [1.54, 1.807) is 6.92 Å². The summed E-state index contributed by atoms with van der Waals surface area (Å²) < 4.78 is 23.5. The molecule has 0 aromatic carbocycles. The monoisotopic (exact) mass is 1000 g/mol. The van der Waals surface area contributed by atoms with Crippen molar-refractivity contribution in [3.05, 3.63) is 0 Å². The molecule has 0 aliphatic heterocycles. The minimum Gasteiger partial charge on any atom is -0.463 e. The number of hydrogen-bond donors (Lipinski definition) is 0. The van der Waals surface area contributed by atoms with Crippen LogP contribution in [0.25, 0.3) is 0 Å². The van der Waals surface area contributed by atoms with Crippen LogP contribution in [0.3, 0.4) is 0 Å². The number of carbonyl (C=O) groups is 2. The molecule has 9 rings (SSSR count). The zero-order chi connectivity index (χ0) is 50.0. The predicted molar refractivity (Wildman–Crippen MR) is 293 cm³/mol. The standard InChI is InChI=1S/C65H111NO6/c1-45-9-17-53(18-10-45)54-23-29-57(30-24-54)66(58-31-21-51(46(2)43-58)19-11-49-13-33-60(69-5)34-14-49)59-32-22-52(47(3)44-59)20-12-50-15-35-62(36-16-50)71-64(68)72-63-39-27-56(28-40-63)65(41-7-6-8-42-65)55-25-37-61(38-26-55)70-48(4)67/h45-47,49-63H,6-44H2,1-5H3. The molecule has 9 aliphatic rings. The highest BCUT2D eigenvalue weighted by Crippen LogP contribution is 2.57. The zero-order valence-corrected chi connectivity index (χ0v) is 47.4. The molecule has 0 bridgehead atoms. The van der Waals surface area contributed by atoms with Crippen molar-refractivity contribution in [2.75, 3.05) is 7.11 Å². The van der Waals surface area contributed by atoms with Crippen LogP contribution in [0, 0.1) is 70.5 Å². The first-order chi connectivity index (χ1) is 35.0.